The number of carbonyl (C=O) groups excluding carboxylic acids is 1. The molecule has 1 aliphatic rings. The lowest BCUT2D eigenvalue weighted by Gasteiger charge is -2.43. The van der Waals surface area contributed by atoms with Crippen LogP contribution in [0.1, 0.15) is 32.4 Å². The topological polar surface area (TPSA) is 49.8 Å². The lowest BCUT2D eigenvalue weighted by atomic mass is 10.0. The zero-order valence-electron chi connectivity index (χ0n) is 11.3. The molecule has 0 aromatic heterocycles. The van der Waals surface area contributed by atoms with E-state index in [0.717, 1.165) is 5.56 Å². The second kappa shape index (κ2) is 4.90. The number of halogens is 1. The lowest BCUT2D eigenvalue weighted by molar-refractivity contribution is -0.223. The Morgan fingerprint density at radius 3 is 2.58 bits per heavy atom. The first-order chi connectivity index (χ1) is 8.80. The predicted molar refractivity (Wildman–Crippen MR) is 67.7 cm³/mol. The summed E-state index contributed by atoms with van der Waals surface area (Å²) in [7, 11) is 0. The minimum atomic E-state index is -1.44. The number of nitrogens with zero attached hydrogens (tertiary/aromatic N) is 1. The maximum atomic E-state index is 12.9. The average Bonchev–Trinajstić information content (AvgIpc) is 2.33. The first-order valence-corrected chi connectivity index (χ1v) is 6.22. The molecular weight excluding hydrogens is 249 g/mol. The van der Waals surface area contributed by atoms with E-state index in [0.29, 0.717) is 6.54 Å². The zero-order chi connectivity index (χ0) is 14.2. The number of benzene rings is 1. The Hall–Kier alpha value is -1.46. The maximum absolute atomic E-state index is 12.9. The molecule has 2 atom stereocenters. The van der Waals surface area contributed by atoms with Crippen LogP contribution in [-0.2, 0) is 9.53 Å². The molecule has 0 saturated carbocycles. The van der Waals surface area contributed by atoms with Gasteiger partial charge in [-0.05, 0) is 38.5 Å². The molecule has 1 unspecified atom stereocenters. The van der Waals surface area contributed by atoms with Gasteiger partial charge in [0.1, 0.15) is 5.82 Å². The van der Waals surface area contributed by atoms with E-state index in [9.17, 15) is 14.3 Å². The number of aliphatic hydroxyl groups excluding tert-OH is 1. The Balaban J connectivity index is 2.23. The summed E-state index contributed by atoms with van der Waals surface area (Å²) in [5.74, 6) is -0.777. The Kier molecular flexibility index (Phi) is 3.60. The van der Waals surface area contributed by atoms with Crippen LogP contribution in [0.2, 0.25) is 0 Å². The van der Waals surface area contributed by atoms with E-state index < -0.39 is 17.8 Å². The molecule has 1 aliphatic heterocycles. The maximum Gasteiger partial charge on any atom is 0.279 e. The summed E-state index contributed by atoms with van der Waals surface area (Å²) in [6.07, 6.45) is -1.44. The molecular formula is C14H18FNO3. The van der Waals surface area contributed by atoms with E-state index in [2.05, 4.69) is 0 Å². The Morgan fingerprint density at radius 1 is 1.42 bits per heavy atom. The molecule has 0 spiro atoms. The highest BCUT2D eigenvalue weighted by Gasteiger charge is 2.40. The van der Waals surface area contributed by atoms with Crippen LogP contribution in [-0.4, -0.2) is 34.3 Å². The van der Waals surface area contributed by atoms with E-state index in [1.165, 1.54) is 12.1 Å². The minimum absolute atomic E-state index is 0.245. The first kappa shape index (κ1) is 14.0. The lowest BCUT2D eigenvalue weighted by Crippen LogP contribution is -2.56. The summed E-state index contributed by atoms with van der Waals surface area (Å²) in [6, 6.07) is 5.76. The molecule has 1 amide bonds. The fourth-order valence-electron chi connectivity index (χ4n) is 2.27. The van der Waals surface area contributed by atoms with Gasteiger partial charge >= 0.3 is 0 Å². The Labute approximate surface area is 111 Å². The number of hydrogen-bond acceptors (Lipinski definition) is 3. The Morgan fingerprint density at radius 2 is 2.00 bits per heavy atom. The molecule has 0 radical (unpaired) electrons. The highest BCUT2D eigenvalue weighted by molar-refractivity contribution is 5.80. The van der Waals surface area contributed by atoms with Gasteiger partial charge in [-0.1, -0.05) is 12.1 Å². The molecule has 5 heteroatoms. The molecule has 104 valence electrons. The number of aliphatic hydroxyl groups is 1. The third-order valence-corrected chi connectivity index (χ3v) is 3.30. The van der Waals surface area contributed by atoms with Gasteiger partial charge in [0.2, 0.25) is 6.29 Å². The zero-order valence-corrected chi connectivity index (χ0v) is 11.3. The van der Waals surface area contributed by atoms with Crippen molar-refractivity contribution in [2.45, 2.75) is 38.7 Å². The number of hydrogen-bond donors (Lipinski definition) is 1. The van der Waals surface area contributed by atoms with Crippen molar-refractivity contribution in [2.75, 3.05) is 6.54 Å². The van der Waals surface area contributed by atoms with E-state index in [1.807, 2.05) is 20.8 Å². The normalized spacial score (nSPS) is 24.4. The third-order valence-electron chi connectivity index (χ3n) is 3.30. The van der Waals surface area contributed by atoms with Gasteiger partial charge in [0.15, 0.2) is 0 Å². The van der Waals surface area contributed by atoms with E-state index in [1.54, 1.807) is 17.0 Å². The molecule has 4 nitrogen and oxygen atoms in total. The van der Waals surface area contributed by atoms with Crippen LogP contribution in [0.3, 0.4) is 0 Å². The van der Waals surface area contributed by atoms with Crippen LogP contribution in [0.5, 0.6) is 0 Å². The summed E-state index contributed by atoms with van der Waals surface area (Å²) in [5.41, 5.74) is 0.210. The van der Waals surface area contributed by atoms with Crippen molar-refractivity contribution in [2.24, 2.45) is 0 Å². The van der Waals surface area contributed by atoms with Crippen molar-refractivity contribution in [3.05, 3.63) is 35.6 Å². The second-order valence-corrected chi connectivity index (χ2v) is 5.42. The summed E-state index contributed by atoms with van der Waals surface area (Å²) < 4.78 is 18.1. The number of ether oxygens (including phenoxy) is 1. The molecule has 1 saturated heterocycles. The number of morpholine rings is 1. The molecule has 1 fully saturated rings. The fraction of sp³-hybridized carbons (Fsp3) is 0.500. The molecule has 2 rings (SSSR count). The van der Waals surface area contributed by atoms with Crippen molar-refractivity contribution in [3.8, 4) is 0 Å². The molecule has 1 heterocycles. The van der Waals surface area contributed by atoms with E-state index in [4.69, 9.17) is 4.74 Å². The molecule has 1 N–H and O–H groups in total. The van der Waals surface area contributed by atoms with Crippen molar-refractivity contribution in [1.82, 2.24) is 4.90 Å². The smallest absolute Gasteiger partial charge is 0.279 e. The van der Waals surface area contributed by atoms with Gasteiger partial charge in [-0.25, -0.2) is 4.39 Å². The molecule has 19 heavy (non-hydrogen) atoms. The van der Waals surface area contributed by atoms with Gasteiger partial charge in [0.25, 0.3) is 5.91 Å². The van der Waals surface area contributed by atoms with Crippen LogP contribution >= 0.6 is 0 Å². The van der Waals surface area contributed by atoms with E-state index in [-0.39, 0.29) is 11.9 Å². The fourth-order valence-corrected chi connectivity index (χ4v) is 2.27. The van der Waals surface area contributed by atoms with Crippen molar-refractivity contribution < 1.29 is 19.0 Å². The SMILES string of the molecule is C[C@@H](c1ccc(F)cc1)N1CC(C)(C)OC(O)C1=O. The second-order valence-electron chi connectivity index (χ2n) is 5.42. The average molecular weight is 267 g/mol. The van der Waals surface area contributed by atoms with E-state index >= 15 is 0 Å². The summed E-state index contributed by atoms with van der Waals surface area (Å²) in [4.78, 5) is 13.5. The van der Waals surface area contributed by atoms with Gasteiger partial charge in [0, 0.05) is 0 Å². The highest BCUT2D eigenvalue weighted by atomic mass is 19.1. The summed E-state index contributed by atoms with van der Waals surface area (Å²) >= 11 is 0. The van der Waals surface area contributed by atoms with Crippen LogP contribution in [0, 0.1) is 5.82 Å². The first-order valence-electron chi connectivity index (χ1n) is 6.22. The predicted octanol–water partition coefficient (Wildman–Crippen LogP) is 1.84. The monoisotopic (exact) mass is 267 g/mol. The molecule has 1 aromatic carbocycles. The largest absolute Gasteiger partial charge is 0.360 e. The van der Waals surface area contributed by atoms with Crippen molar-refractivity contribution >= 4 is 5.91 Å². The van der Waals surface area contributed by atoms with Gasteiger partial charge < -0.3 is 14.7 Å². The highest BCUT2D eigenvalue weighted by Crippen LogP contribution is 2.29. The quantitative estimate of drug-likeness (QED) is 0.889. The standard InChI is InChI=1S/C14H18FNO3/c1-9(10-4-6-11(15)7-5-10)16-8-14(2,3)19-13(18)12(16)17/h4-7,9,13,18H,8H2,1-3H3/t9-,13?/m0/s1. The van der Waals surface area contributed by atoms with Gasteiger partial charge in [0.05, 0.1) is 18.2 Å². The number of rotatable bonds is 2. The number of amides is 1. The van der Waals surface area contributed by atoms with Crippen molar-refractivity contribution in [3.63, 3.8) is 0 Å². The van der Waals surface area contributed by atoms with Gasteiger partial charge in [-0.2, -0.15) is 0 Å². The van der Waals surface area contributed by atoms with Gasteiger partial charge in [-0.3, -0.25) is 4.79 Å². The number of carbonyl (C=O) groups is 1. The third kappa shape index (κ3) is 2.93. The minimum Gasteiger partial charge on any atom is -0.360 e. The van der Waals surface area contributed by atoms with Crippen LogP contribution < -0.4 is 0 Å². The molecule has 0 bridgehead atoms. The molecule has 0 aliphatic carbocycles. The molecule has 1 aromatic rings. The Bertz CT molecular complexity index is 472. The van der Waals surface area contributed by atoms with Crippen LogP contribution in [0.25, 0.3) is 0 Å². The van der Waals surface area contributed by atoms with Crippen molar-refractivity contribution in [1.29, 1.82) is 0 Å². The summed E-state index contributed by atoms with van der Waals surface area (Å²) in [6.45, 7) is 5.85. The summed E-state index contributed by atoms with van der Waals surface area (Å²) in [5, 5.41) is 9.65. The van der Waals surface area contributed by atoms with Crippen LogP contribution in [0.15, 0.2) is 24.3 Å². The van der Waals surface area contributed by atoms with Gasteiger partial charge in [-0.15, -0.1) is 0 Å². The van der Waals surface area contributed by atoms with Crippen LogP contribution in [0.4, 0.5) is 4.39 Å².